The van der Waals surface area contributed by atoms with Gasteiger partial charge in [0.05, 0.1) is 10.7 Å². The molecule has 0 spiro atoms. The zero-order chi connectivity index (χ0) is 22.0. The van der Waals surface area contributed by atoms with Gasteiger partial charge in [0.15, 0.2) is 0 Å². The number of imidazole rings is 1. The lowest BCUT2D eigenvalue weighted by Gasteiger charge is -2.18. The fourth-order valence-electron chi connectivity index (χ4n) is 3.37. The van der Waals surface area contributed by atoms with Gasteiger partial charge in [-0.15, -0.1) is 0 Å². The molecular weight excluding hydrogens is 417 g/mol. The maximum Gasteiger partial charge on any atom is 0.272 e. The van der Waals surface area contributed by atoms with Gasteiger partial charge in [-0.1, -0.05) is 30.7 Å². The van der Waals surface area contributed by atoms with E-state index in [0.717, 1.165) is 11.3 Å². The number of carbonyl (C=O) groups excluding carboxylic acids is 1. The summed E-state index contributed by atoms with van der Waals surface area (Å²) in [6.45, 7) is 2.40. The predicted octanol–water partition coefficient (Wildman–Crippen LogP) is 5.75. The molecule has 4 rings (SSSR count). The SMILES string of the molecule is CCc1nc2ccc(Cl)cn2c1C(=O)N(C)Cc1ccc(Oc2ccc(F)cc2)cc1. The lowest BCUT2D eigenvalue weighted by atomic mass is 10.2. The van der Waals surface area contributed by atoms with Crippen LogP contribution in [0.15, 0.2) is 66.9 Å². The minimum atomic E-state index is -0.310. The van der Waals surface area contributed by atoms with E-state index in [4.69, 9.17) is 16.3 Å². The van der Waals surface area contributed by atoms with Gasteiger partial charge in [0.2, 0.25) is 0 Å². The van der Waals surface area contributed by atoms with E-state index in [1.807, 2.05) is 31.2 Å². The van der Waals surface area contributed by atoms with Gasteiger partial charge in [0.1, 0.15) is 28.7 Å². The van der Waals surface area contributed by atoms with Gasteiger partial charge in [0.25, 0.3) is 5.91 Å². The van der Waals surface area contributed by atoms with Crippen molar-refractivity contribution in [1.82, 2.24) is 14.3 Å². The average Bonchev–Trinajstić information content (AvgIpc) is 3.13. The monoisotopic (exact) mass is 437 g/mol. The molecule has 0 unspecified atom stereocenters. The Kier molecular flexibility index (Phi) is 5.91. The second-order valence-electron chi connectivity index (χ2n) is 7.20. The molecule has 0 aliphatic rings. The van der Waals surface area contributed by atoms with Gasteiger partial charge in [-0.2, -0.15) is 0 Å². The van der Waals surface area contributed by atoms with Crippen LogP contribution >= 0.6 is 11.6 Å². The lowest BCUT2D eigenvalue weighted by Crippen LogP contribution is -2.28. The average molecular weight is 438 g/mol. The smallest absolute Gasteiger partial charge is 0.272 e. The summed E-state index contributed by atoms with van der Waals surface area (Å²) < 4.78 is 20.5. The lowest BCUT2D eigenvalue weighted by molar-refractivity contribution is 0.0777. The second kappa shape index (κ2) is 8.78. The van der Waals surface area contributed by atoms with Crippen molar-refractivity contribution in [2.45, 2.75) is 19.9 Å². The van der Waals surface area contributed by atoms with Crippen molar-refractivity contribution >= 4 is 23.2 Å². The molecule has 2 aromatic carbocycles. The van der Waals surface area contributed by atoms with E-state index in [9.17, 15) is 9.18 Å². The number of benzene rings is 2. The molecule has 5 nitrogen and oxygen atoms in total. The molecule has 0 N–H and O–H groups in total. The number of rotatable bonds is 6. The zero-order valence-electron chi connectivity index (χ0n) is 17.2. The first kappa shape index (κ1) is 20.9. The number of hydrogen-bond acceptors (Lipinski definition) is 3. The van der Waals surface area contributed by atoms with Gasteiger partial charge in [0, 0.05) is 19.8 Å². The first-order chi connectivity index (χ1) is 14.9. The first-order valence-electron chi connectivity index (χ1n) is 9.89. The Morgan fingerprint density at radius 1 is 1.06 bits per heavy atom. The van der Waals surface area contributed by atoms with Crippen molar-refractivity contribution in [1.29, 1.82) is 0 Å². The standard InChI is InChI=1S/C24H21ClFN3O2/c1-3-21-23(29-15-17(25)6-13-22(29)27-21)24(30)28(2)14-16-4-9-19(10-5-16)31-20-11-7-18(26)8-12-20/h4-13,15H,3,14H2,1-2H3. The molecule has 0 bridgehead atoms. The van der Waals surface area contributed by atoms with Crippen molar-refractivity contribution in [2.75, 3.05) is 7.05 Å². The Morgan fingerprint density at radius 3 is 2.35 bits per heavy atom. The number of halogens is 2. The Labute approximate surface area is 184 Å². The number of amides is 1. The Balaban J connectivity index is 1.50. The van der Waals surface area contributed by atoms with Crippen molar-refractivity contribution in [3.05, 3.63) is 94.7 Å². The summed E-state index contributed by atoms with van der Waals surface area (Å²) in [4.78, 5) is 19.4. The quantitative estimate of drug-likeness (QED) is 0.385. The van der Waals surface area contributed by atoms with E-state index in [1.54, 1.807) is 46.8 Å². The number of pyridine rings is 1. The largest absolute Gasteiger partial charge is 0.457 e. The van der Waals surface area contributed by atoms with Crippen LogP contribution in [0.25, 0.3) is 5.65 Å². The third kappa shape index (κ3) is 4.54. The van der Waals surface area contributed by atoms with Crippen LogP contribution in [0.1, 0.15) is 28.7 Å². The highest BCUT2D eigenvalue weighted by Gasteiger charge is 2.21. The minimum Gasteiger partial charge on any atom is -0.457 e. The summed E-state index contributed by atoms with van der Waals surface area (Å²) in [5.74, 6) is 0.752. The molecule has 7 heteroatoms. The molecule has 0 aliphatic heterocycles. The number of ether oxygens (including phenoxy) is 1. The minimum absolute atomic E-state index is 0.127. The summed E-state index contributed by atoms with van der Waals surface area (Å²) in [7, 11) is 1.76. The molecule has 0 saturated carbocycles. The van der Waals surface area contributed by atoms with Crippen LogP contribution in [-0.2, 0) is 13.0 Å². The van der Waals surface area contributed by atoms with Gasteiger partial charge >= 0.3 is 0 Å². The molecule has 0 aliphatic carbocycles. The van der Waals surface area contributed by atoms with Gasteiger partial charge in [-0.25, -0.2) is 9.37 Å². The molecule has 0 radical (unpaired) electrons. The zero-order valence-corrected chi connectivity index (χ0v) is 17.9. The molecule has 0 saturated heterocycles. The van der Waals surface area contributed by atoms with E-state index in [0.29, 0.717) is 40.8 Å². The normalized spacial score (nSPS) is 11.0. The molecule has 2 heterocycles. The van der Waals surface area contributed by atoms with Crippen LogP contribution in [0, 0.1) is 5.82 Å². The highest BCUT2D eigenvalue weighted by molar-refractivity contribution is 6.30. The molecule has 31 heavy (non-hydrogen) atoms. The Hall–Kier alpha value is -3.38. The molecule has 4 aromatic rings. The third-order valence-electron chi connectivity index (χ3n) is 4.93. The number of aryl methyl sites for hydroxylation is 1. The molecule has 0 atom stereocenters. The van der Waals surface area contributed by atoms with Crippen LogP contribution < -0.4 is 4.74 Å². The van der Waals surface area contributed by atoms with E-state index in [2.05, 4.69) is 4.98 Å². The van der Waals surface area contributed by atoms with Gasteiger partial charge in [-0.05, 0) is 60.5 Å². The van der Waals surface area contributed by atoms with E-state index in [-0.39, 0.29) is 11.7 Å². The third-order valence-corrected chi connectivity index (χ3v) is 5.15. The summed E-state index contributed by atoms with van der Waals surface area (Å²) in [5.41, 5.74) is 2.91. The van der Waals surface area contributed by atoms with Crippen LogP contribution in [-0.4, -0.2) is 27.2 Å². The van der Waals surface area contributed by atoms with Crippen molar-refractivity contribution in [3.8, 4) is 11.5 Å². The highest BCUT2D eigenvalue weighted by Crippen LogP contribution is 2.23. The van der Waals surface area contributed by atoms with E-state index >= 15 is 0 Å². The van der Waals surface area contributed by atoms with Crippen LogP contribution in [0.4, 0.5) is 4.39 Å². The van der Waals surface area contributed by atoms with Gasteiger partial charge in [-0.3, -0.25) is 9.20 Å². The number of hydrogen-bond donors (Lipinski definition) is 0. The van der Waals surface area contributed by atoms with Crippen molar-refractivity contribution in [2.24, 2.45) is 0 Å². The molecule has 158 valence electrons. The molecule has 0 fully saturated rings. The molecule has 2 aromatic heterocycles. The number of carbonyl (C=O) groups is 1. The maximum atomic E-state index is 13.2. The molecule has 1 amide bonds. The summed E-state index contributed by atoms with van der Waals surface area (Å²) >= 11 is 6.13. The Morgan fingerprint density at radius 2 is 1.71 bits per heavy atom. The number of aromatic nitrogens is 2. The number of nitrogens with zero attached hydrogens (tertiary/aromatic N) is 3. The fraction of sp³-hybridized carbons (Fsp3) is 0.167. The summed E-state index contributed by atoms with van der Waals surface area (Å²) in [6.07, 6.45) is 2.36. The Bertz CT molecular complexity index is 1220. The van der Waals surface area contributed by atoms with Crippen LogP contribution in [0.2, 0.25) is 5.02 Å². The molecular formula is C24H21ClFN3O2. The predicted molar refractivity (Wildman–Crippen MR) is 118 cm³/mol. The number of fused-ring (bicyclic) bond motifs is 1. The van der Waals surface area contributed by atoms with Gasteiger partial charge < -0.3 is 9.64 Å². The van der Waals surface area contributed by atoms with Crippen molar-refractivity contribution < 1.29 is 13.9 Å². The van der Waals surface area contributed by atoms with E-state index in [1.165, 1.54) is 12.1 Å². The first-order valence-corrected chi connectivity index (χ1v) is 10.3. The summed E-state index contributed by atoms with van der Waals surface area (Å²) in [6, 6.07) is 16.8. The van der Waals surface area contributed by atoms with Crippen molar-refractivity contribution in [3.63, 3.8) is 0 Å². The van der Waals surface area contributed by atoms with Crippen LogP contribution in [0.5, 0.6) is 11.5 Å². The van der Waals surface area contributed by atoms with Crippen LogP contribution in [0.3, 0.4) is 0 Å². The summed E-state index contributed by atoms with van der Waals surface area (Å²) in [5, 5.41) is 0.543. The topological polar surface area (TPSA) is 46.8 Å². The van der Waals surface area contributed by atoms with E-state index < -0.39 is 0 Å². The maximum absolute atomic E-state index is 13.2. The highest BCUT2D eigenvalue weighted by atomic mass is 35.5. The second-order valence-corrected chi connectivity index (χ2v) is 7.63. The fourth-order valence-corrected chi connectivity index (χ4v) is 3.53.